The van der Waals surface area contributed by atoms with Gasteiger partial charge in [-0.1, -0.05) is 30.7 Å². The molecule has 1 atom stereocenters. The molecule has 1 aromatic rings. The van der Waals surface area contributed by atoms with Gasteiger partial charge >= 0.3 is 5.97 Å². The third-order valence-corrected chi connectivity index (χ3v) is 3.04. The van der Waals surface area contributed by atoms with E-state index in [0.29, 0.717) is 13.1 Å². The Morgan fingerprint density at radius 2 is 2.00 bits per heavy atom. The van der Waals surface area contributed by atoms with Crippen molar-refractivity contribution in [2.24, 2.45) is 5.92 Å². The highest BCUT2D eigenvalue weighted by Crippen LogP contribution is 2.09. The molecular weight excluding hydrogens is 268 g/mol. The number of benzene rings is 1. The minimum Gasteiger partial charge on any atom is -0.481 e. The van der Waals surface area contributed by atoms with Gasteiger partial charge in [-0.15, -0.1) is 6.58 Å². The molecule has 21 heavy (non-hydrogen) atoms. The molecule has 0 fully saturated rings. The molecule has 5 nitrogen and oxygen atoms in total. The number of nitrogens with zero attached hydrogens (tertiary/aromatic N) is 1. The van der Waals surface area contributed by atoms with Crippen molar-refractivity contribution in [3.05, 3.63) is 42.5 Å². The Hall–Kier alpha value is -2.14. The summed E-state index contributed by atoms with van der Waals surface area (Å²) >= 11 is 0. The summed E-state index contributed by atoms with van der Waals surface area (Å²) in [5.74, 6) is -1.57. The number of rotatable bonds is 8. The van der Waals surface area contributed by atoms with Gasteiger partial charge in [-0.25, -0.2) is 0 Å². The predicted octanol–water partition coefficient (Wildman–Crippen LogP) is 2.14. The van der Waals surface area contributed by atoms with Crippen LogP contribution in [-0.2, 0) is 9.59 Å². The van der Waals surface area contributed by atoms with Gasteiger partial charge in [0.05, 0.1) is 12.5 Å². The Labute approximate surface area is 125 Å². The third kappa shape index (κ3) is 6.23. The molecule has 0 heterocycles. The molecule has 0 saturated carbocycles. The Morgan fingerprint density at radius 3 is 2.52 bits per heavy atom. The molecule has 2 N–H and O–H groups in total. The summed E-state index contributed by atoms with van der Waals surface area (Å²) < 4.78 is 0. The number of carboxylic acid groups (broad SMARTS) is 1. The fraction of sp³-hybridized carbons (Fsp3) is 0.375. The lowest BCUT2D eigenvalue weighted by atomic mass is 10.1. The highest BCUT2D eigenvalue weighted by Gasteiger charge is 2.17. The number of hydrogen-bond donors (Lipinski definition) is 2. The number of carbonyl (C=O) groups is 2. The first-order chi connectivity index (χ1) is 9.92. The minimum atomic E-state index is -0.872. The Kier molecular flexibility index (Phi) is 6.62. The van der Waals surface area contributed by atoms with Crippen molar-refractivity contribution in [1.29, 1.82) is 0 Å². The number of anilines is 1. The van der Waals surface area contributed by atoms with Gasteiger partial charge in [0.25, 0.3) is 0 Å². The molecule has 1 rings (SSSR count). The van der Waals surface area contributed by atoms with Crippen LogP contribution in [0.1, 0.15) is 12.5 Å². The van der Waals surface area contributed by atoms with E-state index in [1.54, 1.807) is 17.9 Å². The molecule has 1 amide bonds. The highest BCUT2D eigenvalue weighted by molar-refractivity contribution is 5.92. The normalized spacial score (nSPS) is 12.0. The molecule has 1 unspecified atom stereocenters. The topological polar surface area (TPSA) is 69.6 Å². The molecule has 0 spiro atoms. The van der Waals surface area contributed by atoms with Crippen LogP contribution in [-0.4, -0.2) is 41.5 Å². The second-order valence-electron chi connectivity index (χ2n) is 5.14. The second kappa shape index (κ2) is 8.21. The molecule has 0 aromatic heterocycles. The molecule has 0 aliphatic heterocycles. The van der Waals surface area contributed by atoms with Crippen LogP contribution >= 0.6 is 0 Å². The maximum Gasteiger partial charge on any atom is 0.307 e. The maximum atomic E-state index is 12.0. The third-order valence-electron chi connectivity index (χ3n) is 3.04. The molecular formula is C16H22N2O3. The SMILES string of the molecule is C=CCN(CC(=O)Nc1ccc(C)cc1)CC(C)C(=O)O. The van der Waals surface area contributed by atoms with E-state index < -0.39 is 11.9 Å². The minimum absolute atomic E-state index is 0.136. The van der Waals surface area contributed by atoms with Crippen LogP contribution in [0.4, 0.5) is 5.69 Å². The van der Waals surface area contributed by atoms with Crippen LogP contribution in [0.3, 0.4) is 0 Å². The summed E-state index contributed by atoms with van der Waals surface area (Å²) in [6.07, 6.45) is 1.66. The van der Waals surface area contributed by atoms with E-state index in [1.807, 2.05) is 31.2 Å². The van der Waals surface area contributed by atoms with Crippen LogP contribution in [0, 0.1) is 12.8 Å². The van der Waals surface area contributed by atoms with Crippen molar-refractivity contribution in [3.63, 3.8) is 0 Å². The largest absolute Gasteiger partial charge is 0.481 e. The van der Waals surface area contributed by atoms with E-state index in [4.69, 9.17) is 5.11 Å². The fourth-order valence-corrected chi connectivity index (χ4v) is 1.89. The standard InChI is InChI=1S/C16H22N2O3/c1-4-9-18(10-13(3)16(20)21)11-15(19)17-14-7-5-12(2)6-8-14/h4-8,13H,1,9-11H2,2-3H3,(H,17,19)(H,20,21). The van der Waals surface area contributed by atoms with E-state index in [9.17, 15) is 9.59 Å². The van der Waals surface area contributed by atoms with E-state index >= 15 is 0 Å². The number of nitrogens with one attached hydrogen (secondary N) is 1. The van der Waals surface area contributed by atoms with E-state index in [0.717, 1.165) is 11.3 Å². The Bertz CT molecular complexity index is 497. The van der Waals surface area contributed by atoms with Crippen LogP contribution in [0.15, 0.2) is 36.9 Å². The quantitative estimate of drug-likeness (QED) is 0.720. The zero-order valence-corrected chi connectivity index (χ0v) is 12.5. The van der Waals surface area contributed by atoms with Gasteiger partial charge in [0, 0.05) is 18.8 Å². The molecule has 0 radical (unpaired) electrons. The van der Waals surface area contributed by atoms with Gasteiger partial charge in [-0.05, 0) is 19.1 Å². The fourth-order valence-electron chi connectivity index (χ4n) is 1.89. The van der Waals surface area contributed by atoms with Crippen molar-refractivity contribution in [1.82, 2.24) is 4.90 Å². The van der Waals surface area contributed by atoms with Gasteiger partial charge < -0.3 is 10.4 Å². The zero-order chi connectivity index (χ0) is 15.8. The van der Waals surface area contributed by atoms with Crippen molar-refractivity contribution in [3.8, 4) is 0 Å². The lowest BCUT2D eigenvalue weighted by Gasteiger charge is -2.22. The van der Waals surface area contributed by atoms with E-state index in [2.05, 4.69) is 11.9 Å². The maximum absolute atomic E-state index is 12.0. The number of aryl methyl sites for hydroxylation is 1. The summed E-state index contributed by atoms with van der Waals surface area (Å²) in [6, 6.07) is 7.52. The molecule has 1 aromatic carbocycles. The molecule has 5 heteroatoms. The van der Waals surface area contributed by atoms with Gasteiger partial charge in [-0.3, -0.25) is 14.5 Å². The van der Waals surface area contributed by atoms with Crippen molar-refractivity contribution in [2.45, 2.75) is 13.8 Å². The molecule has 114 valence electrons. The molecule has 0 aliphatic rings. The van der Waals surface area contributed by atoms with Crippen LogP contribution in [0.5, 0.6) is 0 Å². The number of carbonyl (C=O) groups excluding carboxylic acids is 1. The molecule has 0 aliphatic carbocycles. The van der Waals surface area contributed by atoms with Crippen LogP contribution in [0.25, 0.3) is 0 Å². The first-order valence-electron chi connectivity index (χ1n) is 6.85. The number of aliphatic carboxylic acids is 1. The predicted molar refractivity (Wildman–Crippen MR) is 83.2 cm³/mol. The summed E-state index contributed by atoms with van der Waals surface area (Å²) in [6.45, 7) is 8.15. The number of amides is 1. The van der Waals surface area contributed by atoms with E-state index in [1.165, 1.54) is 0 Å². The smallest absolute Gasteiger partial charge is 0.307 e. The first kappa shape index (κ1) is 16.9. The highest BCUT2D eigenvalue weighted by atomic mass is 16.4. The Morgan fingerprint density at radius 1 is 1.38 bits per heavy atom. The monoisotopic (exact) mass is 290 g/mol. The average Bonchev–Trinajstić information content (AvgIpc) is 2.41. The zero-order valence-electron chi connectivity index (χ0n) is 12.5. The van der Waals surface area contributed by atoms with Crippen molar-refractivity contribution < 1.29 is 14.7 Å². The summed E-state index contributed by atoms with van der Waals surface area (Å²) in [7, 11) is 0. The van der Waals surface area contributed by atoms with Crippen molar-refractivity contribution in [2.75, 3.05) is 25.0 Å². The summed E-state index contributed by atoms with van der Waals surface area (Å²) in [5.41, 5.74) is 1.85. The lowest BCUT2D eigenvalue weighted by Crippen LogP contribution is -2.38. The molecule has 0 saturated heterocycles. The van der Waals surface area contributed by atoms with Gasteiger partial charge in [0.15, 0.2) is 0 Å². The van der Waals surface area contributed by atoms with E-state index in [-0.39, 0.29) is 12.5 Å². The van der Waals surface area contributed by atoms with Gasteiger partial charge in [-0.2, -0.15) is 0 Å². The second-order valence-corrected chi connectivity index (χ2v) is 5.14. The van der Waals surface area contributed by atoms with Crippen LogP contribution < -0.4 is 5.32 Å². The summed E-state index contributed by atoms with van der Waals surface area (Å²) in [4.78, 5) is 24.7. The lowest BCUT2D eigenvalue weighted by molar-refractivity contribution is -0.142. The van der Waals surface area contributed by atoms with Crippen LogP contribution in [0.2, 0.25) is 0 Å². The number of hydrogen-bond acceptors (Lipinski definition) is 3. The first-order valence-corrected chi connectivity index (χ1v) is 6.85. The summed E-state index contributed by atoms with van der Waals surface area (Å²) in [5, 5.41) is 11.7. The number of carboxylic acids is 1. The molecule has 0 bridgehead atoms. The van der Waals surface area contributed by atoms with Crippen molar-refractivity contribution >= 4 is 17.6 Å². The Balaban J connectivity index is 2.57. The average molecular weight is 290 g/mol. The van der Waals surface area contributed by atoms with Gasteiger partial charge in [0.2, 0.25) is 5.91 Å². The van der Waals surface area contributed by atoms with Gasteiger partial charge in [0.1, 0.15) is 0 Å².